The second-order valence-corrected chi connectivity index (χ2v) is 16.8. The Hall–Kier alpha value is -8.60. The summed E-state index contributed by atoms with van der Waals surface area (Å²) < 4.78 is 10.0. The number of benzene rings is 10. The van der Waals surface area contributed by atoms with Crippen molar-refractivity contribution in [3.8, 4) is 33.9 Å². The van der Waals surface area contributed by atoms with E-state index in [9.17, 15) is 0 Å². The first-order valence-corrected chi connectivity index (χ1v) is 22.0. The zero-order valence-corrected chi connectivity index (χ0v) is 34.7. The number of fused-ring (bicyclic) bond motifs is 12. The van der Waals surface area contributed by atoms with Crippen LogP contribution >= 0.6 is 0 Å². The SMILES string of the molecule is c1cc(-c2cccc(-n3c4ccccc4c4ccccc43)c2-n2c3ccccc3c3ccccc32)c(-n2c3ccccc3c3ccccc32)c(-n2c3ccccc3c3ccccc32)c1. The molecule has 14 aromatic rings. The zero-order valence-electron chi connectivity index (χ0n) is 34.7. The molecule has 4 nitrogen and oxygen atoms in total. The molecule has 0 N–H and O–H groups in total. The van der Waals surface area contributed by atoms with Crippen molar-refractivity contribution in [1.29, 1.82) is 0 Å². The van der Waals surface area contributed by atoms with E-state index in [-0.39, 0.29) is 0 Å². The van der Waals surface area contributed by atoms with Gasteiger partial charge >= 0.3 is 0 Å². The molecule has 0 radical (unpaired) electrons. The first-order chi connectivity index (χ1) is 31.8. The Morgan fingerprint density at radius 2 is 0.375 bits per heavy atom. The lowest BCUT2D eigenvalue weighted by Crippen LogP contribution is -2.09. The molecule has 0 fully saturated rings. The normalized spacial score (nSPS) is 12.1. The number of nitrogens with zero attached hydrogens (tertiary/aromatic N) is 4. The molecule has 0 saturated heterocycles. The Balaban J connectivity index is 1.21. The summed E-state index contributed by atoms with van der Waals surface area (Å²) in [4.78, 5) is 0. The Labute approximate surface area is 368 Å². The molecular weight excluding hydrogens is 777 g/mol. The van der Waals surface area contributed by atoms with Gasteiger partial charge < -0.3 is 18.3 Å². The van der Waals surface area contributed by atoms with Crippen LogP contribution < -0.4 is 0 Å². The predicted molar refractivity (Wildman–Crippen MR) is 269 cm³/mol. The molecule has 0 aliphatic carbocycles. The van der Waals surface area contributed by atoms with E-state index in [1.807, 2.05) is 0 Å². The average Bonchev–Trinajstić information content (AvgIpc) is 4.09. The summed E-state index contributed by atoms with van der Waals surface area (Å²) in [7, 11) is 0. The van der Waals surface area contributed by atoms with Crippen LogP contribution in [-0.2, 0) is 0 Å². The van der Waals surface area contributed by atoms with Crippen LogP contribution in [-0.4, -0.2) is 18.3 Å². The minimum atomic E-state index is 1.11. The highest BCUT2D eigenvalue weighted by Crippen LogP contribution is 2.47. The third-order valence-electron chi connectivity index (χ3n) is 13.6. The molecule has 4 heteroatoms. The molecule has 0 atom stereocenters. The van der Waals surface area contributed by atoms with E-state index >= 15 is 0 Å². The summed E-state index contributed by atoms with van der Waals surface area (Å²) in [5.74, 6) is 0. The van der Waals surface area contributed by atoms with Crippen molar-refractivity contribution in [3.05, 3.63) is 231 Å². The summed E-state index contributed by atoms with van der Waals surface area (Å²) >= 11 is 0. The molecule has 0 amide bonds. The van der Waals surface area contributed by atoms with Crippen molar-refractivity contribution >= 4 is 87.2 Å². The van der Waals surface area contributed by atoms with Crippen molar-refractivity contribution in [2.75, 3.05) is 0 Å². The molecule has 0 bridgehead atoms. The fraction of sp³-hybridized carbons (Fsp3) is 0. The van der Waals surface area contributed by atoms with Crippen LogP contribution in [0.1, 0.15) is 0 Å². The molecule has 0 spiro atoms. The van der Waals surface area contributed by atoms with Gasteiger partial charge in [0.25, 0.3) is 0 Å². The van der Waals surface area contributed by atoms with Gasteiger partial charge in [-0.15, -0.1) is 0 Å². The summed E-state index contributed by atoms with van der Waals surface area (Å²) in [6.07, 6.45) is 0. The predicted octanol–water partition coefficient (Wildman–Crippen LogP) is 15.7. The molecule has 298 valence electrons. The highest BCUT2D eigenvalue weighted by atomic mass is 15.1. The molecular formula is C60H38N4. The number of aromatic nitrogens is 4. The number of rotatable bonds is 5. The zero-order chi connectivity index (χ0) is 41.9. The number of para-hydroxylation sites is 10. The molecule has 0 aliphatic rings. The van der Waals surface area contributed by atoms with Gasteiger partial charge in [0.1, 0.15) is 0 Å². The van der Waals surface area contributed by atoms with Crippen LogP contribution in [0.3, 0.4) is 0 Å². The Morgan fingerprint density at radius 3 is 0.609 bits per heavy atom. The largest absolute Gasteiger partial charge is 0.307 e. The molecule has 0 unspecified atom stereocenters. The fourth-order valence-electron chi connectivity index (χ4n) is 11.0. The summed E-state index contributed by atoms with van der Waals surface area (Å²) in [6.45, 7) is 0. The van der Waals surface area contributed by atoms with Gasteiger partial charge in [-0.2, -0.15) is 0 Å². The molecule has 14 rings (SSSR count). The summed E-state index contributed by atoms with van der Waals surface area (Å²) in [5, 5.41) is 9.83. The van der Waals surface area contributed by atoms with Crippen LogP contribution in [0.4, 0.5) is 0 Å². The van der Waals surface area contributed by atoms with Crippen molar-refractivity contribution in [2.45, 2.75) is 0 Å². The van der Waals surface area contributed by atoms with E-state index in [1.54, 1.807) is 0 Å². The second-order valence-electron chi connectivity index (χ2n) is 16.8. The standard InChI is InChI=1S/C60H38N4/c1-9-29-49-39(19-1)40-20-2-10-30-50(40)61(49)57-37-17-27-47(59(57)63-53-33-13-5-23-43(53)44-24-6-14-34-54(44)63)48-28-18-38-58(62-51-31-11-3-21-41(51)42-22-4-12-32-52(42)62)60(48)64-55-35-15-7-25-45(55)46-26-8-16-36-56(46)64/h1-38H. The molecule has 64 heavy (non-hydrogen) atoms. The second kappa shape index (κ2) is 13.4. The maximum Gasteiger partial charge on any atom is 0.0782 e. The van der Waals surface area contributed by atoms with Gasteiger partial charge in [0.05, 0.1) is 66.9 Å². The Morgan fingerprint density at radius 1 is 0.172 bits per heavy atom. The van der Waals surface area contributed by atoms with Gasteiger partial charge in [-0.25, -0.2) is 0 Å². The Kier molecular flexibility index (Phi) is 7.36. The van der Waals surface area contributed by atoms with Crippen LogP contribution in [0.25, 0.3) is 121 Å². The third-order valence-corrected chi connectivity index (χ3v) is 13.6. The van der Waals surface area contributed by atoms with Crippen LogP contribution in [0.5, 0.6) is 0 Å². The van der Waals surface area contributed by atoms with Crippen molar-refractivity contribution in [1.82, 2.24) is 18.3 Å². The lowest BCUT2D eigenvalue weighted by Gasteiger charge is -2.24. The first kappa shape index (κ1) is 35.0. The van der Waals surface area contributed by atoms with Crippen molar-refractivity contribution in [2.24, 2.45) is 0 Å². The van der Waals surface area contributed by atoms with Crippen molar-refractivity contribution in [3.63, 3.8) is 0 Å². The number of hydrogen-bond donors (Lipinski definition) is 0. The van der Waals surface area contributed by atoms with Crippen LogP contribution in [0.15, 0.2) is 231 Å². The lowest BCUT2D eigenvalue weighted by atomic mass is 9.98. The fourth-order valence-corrected chi connectivity index (χ4v) is 11.0. The topological polar surface area (TPSA) is 19.7 Å². The van der Waals surface area contributed by atoms with Gasteiger partial charge in [-0.1, -0.05) is 170 Å². The van der Waals surface area contributed by atoms with Gasteiger partial charge in [0.2, 0.25) is 0 Å². The van der Waals surface area contributed by atoms with E-state index in [4.69, 9.17) is 0 Å². The van der Waals surface area contributed by atoms with E-state index in [0.717, 1.165) is 55.9 Å². The lowest BCUT2D eigenvalue weighted by molar-refractivity contribution is 1.08. The average molecular weight is 815 g/mol. The van der Waals surface area contributed by atoms with Gasteiger partial charge in [-0.05, 0) is 60.7 Å². The quantitative estimate of drug-likeness (QED) is 0.165. The molecule has 10 aromatic carbocycles. The van der Waals surface area contributed by atoms with E-state index in [2.05, 4.69) is 249 Å². The molecule has 0 aliphatic heterocycles. The summed E-state index contributed by atoms with van der Waals surface area (Å²) in [5.41, 5.74) is 16.0. The van der Waals surface area contributed by atoms with Crippen molar-refractivity contribution < 1.29 is 0 Å². The highest BCUT2D eigenvalue weighted by molar-refractivity contribution is 6.15. The maximum atomic E-state index is 2.53. The van der Waals surface area contributed by atoms with Gasteiger partial charge in [-0.3, -0.25) is 0 Å². The van der Waals surface area contributed by atoms with E-state index in [0.29, 0.717) is 0 Å². The first-order valence-electron chi connectivity index (χ1n) is 22.0. The van der Waals surface area contributed by atoms with E-state index in [1.165, 1.54) is 65.2 Å². The van der Waals surface area contributed by atoms with Crippen LogP contribution in [0.2, 0.25) is 0 Å². The van der Waals surface area contributed by atoms with Gasteiger partial charge in [0, 0.05) is 54.2 Å². The molecule has 0 saturated carbocycles. The summed E-state index contributed by atoms with van der Waals surface area (Å²) in [6, 6.07) is 84.8. The minimum Gasteiger partial charge on any atom is -0.307 e. The highest BCUT2D eigenvalue weighted by Gasteiger charge is 2.27. The van der Waals surface area contributed by atoms with E-state index < -0.39 is 0 Å². The minimum absolute atomic E-state index is 1.11. The third kappa shape index (κ3) is 4.77. The molecule has 4 aromatic heterocycles. The molecule has 4 heterocycles. The Bertz CT molecular complexity index is 3720. The van der Waals surface area contributed by atoms with Gasteiger partial charge in [0.15, 0.2) is 0 Å². The monoisotopic (exact) mass is 814 g/mol. The maximum absolute atomic E-state index is 2.53. The smallest absolute Gasteiger partial charge is 0.0782 e. The number of hydrogen-bond acceptors (Lipinski definition) is 0. The van der Waals surface area contributed by atoms with Crippen LogP contribution in [0, 0.1) is 0 Å².